The van der Waals surface area contributed by atoms with Gasteiger partial charge in [0.1, 0.15) is 17.4 Å². The fourth-order valence-electron chi connectivity index (χ4n) is 1.93. The monoisotopic (exact) mass is 218 g/mol. The number of ether oxygens (including phenoxy) is 3. The van der Waals surface area contributed by atoms with Crippen LogP contribution in [0.4, 0.5) is 0 Å². The van der Waals surface area contributed by atoms with Crippen LogP contribution in [0.5, 0.6) is 0 Å². The molecule has 0 radical (unpaired) electrons. The lowest BCUT2D eigenvalue weighted by Crippen LogP contribution is -2.18. The van der Waals surface area contributed by atoms with Crippen molar-refractivity contribution in [2.75, 3.05) is 21.3 Å². The summed E-state index contributed by atoms with van der Waals surface area (Å²) < 4.78 is 16.0. The van der Waals surface area contributed by atoms with E-state index in [1.165, 1.54) is 0 Å². The lowest BCUT2D eigenvalue weighted by molar-refractivity contribution is 0.202. The maximum absolute atomic E-state index is 5.35. The predicted molar refractivity (Wildman–Crippen MR) is 60.4 cm³/mol. The van der Waals surface area contributed by atoms with Crippen molar-refractivity contribution in [1.82, 2.24) is 0 Å². The van der Waals surface area contributed by atoms with Crippen molar-refractivity contribution in [3.8, 4) is 0 Å². The van der Waals surface area contributed by atoms with E-state index in [0.29, 0.717) is 0 Å². The van der Waals surface area contributed by atoms with Crippen molar-refractivity contribution in [3.05, 3.63) is 52.9 Å². The van der Waals surface area contributed by atoms with Crippen LogP contribution < -0.4 is 0 Å². The first-order valence-electron chi connectivity index (χ1n) is 5.02. The SMILES string of the molecule is COC1=C=CC(OC)=C2C=CC=C(OC)C12. The van der Waals surface area contributed by atoms with E-state index in [9.17, 15) is 0 Å². The second kappa shape index (κ2) is 4.33. The van der Waals surface area contributed by atoms with Crippen molar-refractivity contribution in [3.63, 3.8) is 0 Å². The fraction of sp³-hybridized carbons (Fsp3) is 0.308. The second-order valence-electron chi connectivity index (χ2n) is 3.45. The third kappa shape index (κ3) is 1.55. The van der Waals surface area contributed by atoms with Crippen molar-refractivity contribution in [2.24, 2.45) is 5.92 Å². The Balaban J connectivity index is 2.52. The highest BCUT2D eigenvalue weighted by molar-refractivity contribution is 5.47. The van der Waals surface area contributed by atoms with E-state index in [1.54, 1.807) is 27.4 Å². The van der Waals surface area contributed by atoms with E-state index < -0.39 is 0 Å². The Bertz CT molecular complexity index is 446. The molecule has 0 bridgehead atoms. The summed E-state index contributed by atoms with van der Waals surface area (Å²) in [5.41, 5.74) is 4.10. The molecule has 0 spiro atoms. The average Bonchev–Trinajstić information content (AvgIpc) is 2.36. The van der Waals surface area contributed by atoms with Gasteiger partial charge >= 0.3 is 0 Å². The van der Waals surface area contributed by atoms with Gasteiger partial charge in [0, 0.05) is 11.6 Å². The molecule has 0 fully saturated rings. The summed E-state index contributed by atoms with van der Waals surface area (Å²) in [6.45, 7) is 0. The molecule has 1 atom stereocenters. The smallest absolute Gasteiger partial charge is 0.153 e. The number of hydrogen-bond donors (Lipinski definition) is 0. The zero-order valence-corrected chi connectivity index (χ0v) is 9.61. The van der Waals surface area contributed by atoms with Crippen LogP contribution in [0.25, 0.3) is 0 Å². The van der Waals surface area contributed by atoms with E-state index in [2.05, 4.69) is 5.73 Å². The Morgan fingerprint density at radius 1 is 1.12 bits per heavy atom. The summed E-state index contributed by atoms with van der Waals surface area (Å²) in [6.07, 6.45) is 7.65. The zero-order valence-electron chi connectivity index (χ0n) is 9.61. The van der Waals surface area contributed by atoms with E-state index in [4.69, 9.17) is 14.2 Å². The van der Waals surface area contributed by atoms with Crippen LogP contribution in [-0.4, -0.2) is 21.3 Å². The van der Waals surface area contributed by atoms with E-state index >= 15 is 0 Å². The van der Waals surface area contributed by atoms with E-state index in [0.717, 1.165) is 22.9 Å². The molecule has 1 unspecified atom stereocenters. The number of methoxy groups -OCH3 is 3. The molecule has 0 aliphatic heterocycles. The molecule has 2 aliphatic rings. The molecule has 2 aliphatic carbocycles. The highest BCUT2D eigenvalue weighted by Crippen LogP contribution is 2.36. The third-order valence-corrected chi connectivity index (χ3v) is 2.70. The molecule has 0 aromatic heterocycles. The molecule has 3 heteroatoms. The molecular weight excluding hydrogens is 204 g/mol. The second-order valence-corrected chi connectivity index (χ2v) is 3.45. The molecule has 0 aromatic rings. The first-order chi connectivity index (χ1) is 7.81. The van der Waals surface area contributed by atoms with Gasteiger partial charge in [0.15, 0.2) is 5.76 Å². The molecule has 0 aromatic carbocycles. The summed E-state index contributed by atoms with van der Waals surface area (Å²) in [5, 5.41) is 0. The Morgan fingerprint density at radius 3 is 2.56 bits per heavy atom. The topological polar surface area (TPSA) is 27.7 Å². The van der Waals surface area contributed by atoms with Gasteiger partial charge in [-0.1, -0.05) is 17.9 Å². The van der Waals surface area contributed by atoms with E-state index in [-0.39, 0.29) is 5.92 Å². The van der Waals surface area contributed by atoms with Crippen molar-refractivity contribution < 1.29 is 14.2 Å². The molecule has 0 N–H and O–H groups in total. The van der Waals surface area contributed by atoms with Crippen LogP contribution >= 0.6 is 0 Å². The van der Waals surface area contributed by atoms with E-state index in [1.807, 2.05) is 18.2 Å². The average molecular weight is 218 g/mol. The Labute approximate surface area is 95.0 Å². The van der Waals surface area contributed by atoms with Gasteiger partial charge in [0.05, 0.1) is 21.3 Å². The summed E-state index contributed by atoms with van der Waals surface area (Å²) in [6, 6.07) is 0. The standard InChI is InChI=1S/C13H14O3/c1-14-10-7-8-12(16-3)13-9(10)5-4-6-11(13)15-2/h4-7,13H,1-3H3. The van der Waals surface area contributed by atoms with Crippen molar-refractivity contribution in [1.29, 1.82) is 0 Å². The maximum atomic E-state index is 5.35. The predicted octanol–water partition coefficient (Wildman–Crippen LogP) is 2.30. The van der Waals surface area contributed by atoms with Gasteiger partial charge in [0.25, 0.3) is 0 Å². The lowest BCUT2D eigenvalue weighted by atomic mass is 9.87. The lowest BCUT2D eigenvalue weighted by Gasteiger charge is -2.26. The van der Waals surface area contributed by atoms with Crippen molar-refractivity contribution in [2.45, 2.75) is 0 Å². The molecule has 0 amide bonds. The maximum Gasteiger partial charge on any atom is 0.153 e. The largest absolute Gasteiger partial charge is 0.500 e. The molecule has 2 rings (SSSR count). The van der Waals surface area contributed by atoms with Gasteiger partial charge in [-0.05, 0) is 6.08 Å². The van der Waals surface area contributed by atoms with Crippen LogP contribution in [0.15, 0.2) is 52.9 Å². The van der Waals surface area contributed by atoms with Gasteiger partial charge in [-0.3, -0.25) is 0 Å². The van der Waals surface area contributed by atoms with Crippen LogP contribution in [0.1, 0.15) is 0 Å². The third-order valence-electron chi connectivity index (χ3n) is 2.70. The normalized spacial score (nSPS) is 22.3. The minimum atomic E-state index is -0.0417. The Hall–Kier alpha value is -1.86. The number of hydrogen-bond acceptors (Lipinski definition) is 3. The zero-order chi connectivity index (χ0) is 11.5. The number of fused-ring (bicyclic) bond motifs is 1. The van der Waals surface area contributed by atoms with Gasteiger partial charge < -0.3 is 14.2 Å². The summed E-state index contributed by atoms with van der Waals surface area (Å²) >= 11 is 0. The minimum Gasteiger partial charge on any atom is -0.500 e. The first kappa shape index (κ1) is 10.7. The van der Waals surface area contributed by atoms with Crippen molar-refractivity contribution >= 4 is 0 Å². The molecular formula is C13H14O3. The Kier molecular flexibility index (Phi) is 2.88. The van der Waals surface area contributed by atoms with Crippen LogP contribution in [-0.2, 0) is 14.2 Å². The number of rotatable bonds is 3. The summed E-state index contributed by atoms with van der Waals surface area (Å²) in [4.78, 5) is 0. The minimum absolute atomic E-state index is 0.0417. The van der Waals surface area contributed by atoms with Crippen LogP contribution in [0.2, 0.25) is 0 Å². The quantitative estimate of drug-likeness (QED) is 0.680. The molecule has 3 nitrogen and oxygen atoms in total. The van der Waals surface area contributed by atoms with Gasteiger partial charge in [-0.25, -0.2) is 0 Å². The van der Waals surface area contributed by atoms with Gasteiger partial charge in [-0.15, -0.1) is 0 Å². The number of allylic oxidation sites excluding steroid dienone is 4. The van der Waals surface area contributed by atoms with Gasteiger partial charge in [-0.2, -0.15) is 0 Å². The molecule has 0 saturated heterocycles. The fourth-order valence-corrected chi connectivity index (χ4v) is 1.93. The Morgan fingerprint density at radius 2 is 1.94 bits per heavy atom. The summed E-state index contributed by atoms with van der Waals surface area (Å²) in [7, 11) is 4.94. The highest BCUT2D eigenvalue weighted by atomic mass is 16.5. The highest BCUT2D eigenvalue weighted by Gasteiger charge is 2.30. The summed E-state index contributed by atoms with van der Waals surface area (Å²) in [5.74, 6) is 2.34. The van der Waals surface area contributed by atoms with Crippen LogP contribution in [0, 0.1) is 5.92 Å². The van der Waals surface area contributed by atoms with Gasteiger partial charge in [0.2, 0.25) is 0 Å². The molecule has 0 heterocycles. The molecule has 0 saturated carbocycles. The first-order valence-corrected chi connectivity index (χ1v) is 5.02. The molecule has 16 heavy (non-hydrogen) atoms. The van der Waals surface area contributed by atoms with Crippen LogP contribution in [0.3, 0.4) is 0 Å². The molecule has 84 valence electrons.